The summed E-state index contributed by atoms with van der Waals surface area (Å²) in [6.07, 6.45) is 3.80. The Morgan fingerprint density at radius 2 is 2.10 bits per heavy atom. The van der Waals surface area contributed by atoms with E-state index in [1.54, 1.807) is 11.0 Å². The van der Waals surface area contributed by atoms with E-state index in [0.29, 0.717) is 42.0 Å². The maximum absolute atomic E-state index is 12.5. The van der Waals surface area contributed by atoms with Gasteiger partial charge in [-0.05, 0) is 19.4 Å². The lowest BCUT2D eigenvalue weighted by Crippen LogP contribution is -2.53. The van der Waals surface area contributed by atoms with Crippen LogP contribution in [0.4, 0.5) is 11.8 Å². The molecule has 0 aliphatic carbocycles. The normalized spacial score (nSPS) is 16.1. The Bertz CT molecular complexity index is 945. The molecule has 30 heavy (non-hydrogen) atoms. The zero-order chi connectivity index (χ0) is 21.9. The van der Waals surface area contributed by atoms with Crippen LogP contribution in [0.3, 0.4) is 0 Å². The number of aliphatic hydroxyl groups excluding tert-OH is 1. The Morgan fingerprint density at radius 3 is 2.73 bits per heavy atom. The van der Waals surface area contributed by atoms with E-state index in [-0.39, 0.29) is 17.8 Å². The molecule has 2 aromatic heterocycles. The van der Waals surface area contributed by atoms with E-state index < -0.39 is 11.6 Å². The van der Waals surface area contributed by atoms with E-state index in [1.165, 1.54) is 13.1 Å². The number of amides is 2. The summed E-state index contributed by atoms with van der Waals surface area (Å²) in [5, 5.41) is 15.7. The molecule has 0 unspecified atom stereocenters. The Balaban J connectivity index is 1.90. The third kappa shape index (κ3) is 4.93. The number of nitrogens with two attached hydrogens (primary N) is 1. The lowest BCUT2D eigenvalue weighted by molar-refractivity contribution is -0.119. The Morgan fingerprint density at radius 1 is 1.37 bits per heavy atom. The van der Waals surface area contributed by atoms with Gasteiger partial charge in [0.25, 0.3) is 5.91 Å². The van der Waals surface area contributed by atoms with E-state index in [0.717, 1.165) is 19.3 Å². The highest BCUT2D eigenvalue weighted by molar-refractivity contribution is 5.98. The molecule has 1 atom stereocenters. The molecule has 1 fully saturated rings. The number of anilines is 2. The number of hydrogen-bond donors (Lipinski definition) is 4. The van der Waals surface area contributed by atoms with Crippen molar-refractivity contribution in [3.8, 4) is 0 Å². The minimum Gasteiger partial charge on any atom is -0.389 e. The summed E-state index contributed by atoms with van der Waals surface area (Å²) >= 11 is 0. The van der Waals surface area contributed by atoms with Gasteiger partial charge in [-0.2, -0.15) is 4.98 Å². The van der Waals surface area contributed by atoms with Crippen molar-refractivity contribution in [2.75, 3.05) is 30.7 Å². The first kappa shape index (κ1) is 21.7. The first-order valence-corrected chi connectivity index (χ1v) is 10.1. The summed E-state index contributed by atoms with van der Waals surface area (Å²) in [5.74, 6) is 0.205. The zero-order valence-corrected chi connectivity index (χ0v) is 17.6. The number of β-amino-alcohol motifs (C(OH)–C–C–N with tert-alkyl or cyclic N) is 1. The van der Waals surface area contributed by atoms with Crippen molar-refractivity contribution in [2.45, 2.75) is 51.7 Å². The standard InChI is InChI=1S/C20H29N7O3/c1-4-5-6-20(3,11-23-12(2)28)26-17-16-15(24-19(21)25-17)7-13(8-22-16)18(30)27-9-14(29)10-27/h7-8,14,29H,4-6,9-11H2,1-3H3,(H,23,28)(H3,21,24,25,26)/t20-/m1/s1. The van der Waals surface area contributed by atoms with Crippen molar-refractivity contribution in [3.63, 3.8) is 0 Å². The monoisotopic (exact) mass is 415 g/mol. The average molecular weight is 415 g/mol. The van der Waals surface area contributed by atoms with Crippen molar-refractivity contribution in [3.05, 3.63) is 17.8 Å². The maximum atomic E-state index is 12.5. The predicted molar refractivity (Wildman–Crippen MR) is 114 cm³/mol. The fourth-order valence-electron chi connectivity index (χ4n) is 3.41. The quantitative estimate of drug-likeness (QED) is 0.498. The number of hydrogen-bond acceptors (Lipinski definition) is 8. The van der Waals surface area contributed by atoms with Gasteiger partial charge in [0.05, 0.1) is 22.7 Å². The predicted octanol–water partition coefficient (Wildman–Crippen LogP) is 0.921. The molecule has 1 aliphatic rings. The van der Waals surface area contributed by atoms with E-state index in [4.69, 9.17) is 5.73 Å². The number of pyridine rings is 1. The summed E-state index contributed by atoms with van der Waals surface area (Å²) in [7, 11) is 0. The number of likely N-dealkylation sites (tertiary alicyclic amines) is 1. The van der Waals surface area contributed by atoms with Crippen LogP contribution in [0.1, 0.15) is 50.4 Å². The van der Waals surface area contributed by atoms with Crippen LogP contribution in [-0.4, -0.2) is 68.0 Å². The number of aliphatic hydroxyl groups is 1. The van der Waals surface area contributed by atoms with Gasteiger partial charge in [-0.1, -0.05) is 19.8 Å². The molecule has 1 saturated heterocycles. The molecule has 2 amide bonds. The Kier molecular flexibility index (Phi) is 6.35. The molecule has 3 heterocycles. The van der Waals surface area contributed by atoms with Gasteiger partial charge in [0, 0.05) is 32.8 Å². The van der Waals surface area contributed by atoms with Crippen LogP contribution >= 0.6 is 0 Å². The van der Waals surface area contributed by atoms with Gasteiger partial charge in [-0.25, -0.2) is 9.97 Å². The molecule has 1 aliphatic heterocycles. The third-order valence-electron chi connectivity index (χ3n) is 5.18. The number of carbonyl (C=O) groups is 2. The summed E-state index contributed by atoms with van der Waals surface area (Å²) < 4.78 is 0. The molecule has 0 radical (unpaired) electrons. The van der Waals surface area contributed by atoms with Gasteiger partial charge < -0.3 is 26.4 Å². The molecule has 10 nitrogen and oxygen atoms in total. The molecule has 0 spiro atoms. The largest absolute Gasteiger partial charge is 0.389 e. The fraction of sp³-hybridized carbons (Fsp3) is 0.550. The van der Waals surface area contributed by atoms with Crippen LogP contribution in [0.5, 0.6) is 0 Å². The zero-order valence-electron chi connectivity index (χ0n) is 17.6. The molecule has 0 saturated carbocycles. The number of unbranched alkanes of at least 4 members (excludes halogenated alkanes) is 1. The van der Waals surface area contributed by atoms with E-state index >= 15 is 0 Å². The minimum absolute atomic E-state index is 0.0631. The lowest BCUT2D eigenvalue weighted by Gasteiger charge is -2.35. The second-order valence-corrected chi connectivity index (χ2v) is 8.09. The molecular weight excluding hydrogens is 386 g/mol. The first-order valence-electron chi connectivity index (χ1n) is 10.1. The topological polar surface area (TPSA) is 146 Å². The first-order chi connectivity index (χ1) is 14.2. The molecule has 2 aromatic rings. The number of fused-ring (bicyclic) bond motifs is 1. The highest BCUT2D eigenvalue weighted by atomic mass is 16.3. The Labute approximate surface area is 175 Å². The number of nitrogen functional groups attached to an aromatic ring is 1. The van der Waals surface area contributed by atoms with Gasteiger partial charge in [-0.15, -0.1) is 0 Å². The Hall–Kier alpha value is -3.01. The van der Waals surface area contributed by atoms with Crippen LogP contribution in [0.15, 0.2) is 12.3 Å². The molecule has 5 N–H and O–H groups in total. The van der Waals surface area contributed by atoms with E-state index in [9.17, 15) is 14.7 Å². The second-order valence-electron chi connectivity index (χ2n) is 8.09. The maximum Gasteiger partial charge on any atom is 0.255 e. The summed E-state index contributed by atoms with van der Waals surface area (Å²) in [4.78, 5) is 38.5. The molecule has 3 rings (SSSR count). The van der Waals surface area contributed by atoms with Crippen molar-refractivity contribution < 1.29 is 14.7 Å². The van der Waals surface area contributed by atoms with Crippen molar-refractivity contribution in [1.82, 2.24) is 25.2 Å². The molecule has 10 heteroatoms. The van der Waals surface area contributed by atoms with Crippen LogP contribution in [0, 0.1) is 0 Å². The number of rotatable bonds is 8. The van der Waals surface area contributed by atoms with Crippen LogP contribution in [0.25, 0.3) is 11.0 Å². The highest BCUT2D eigenvalue weighted by Gasteiger charge is 2.30. The van der Waals surface area contributed by atoms with Crippen molar-refractivity contribution in [1.29, 1.82) is 0 Å². The van der Waals surface area contributed by atoms with Gasteiger partial charge in [-0.3, -0.25) is 9.59 Å². The summed E-state index contributed by atoms with van der Waals surface area (Å²) in [6, 6.07) is 1.63. The highest BCUT2D eigenvalue weighted by Crippen LogP contribution is 2.26. The van der Waals surface area contributed by atoms with Gasteiger partial charge in [0.15, 0.2) is 5.82 Å². The SMILES string of the molecule is CCCC[C@](C)(CNC(C)=O)Nc1nc(N)nc2cc(C(=O)N3CC(O)C3)cnc12. The van der Waals surface area contributed by atoms with Gasteiger partial charge >= 0.3 is 0 Å². The second kappa shape index (κ2) is 8.78. The number of carbonyl (C=O) groups excluding carboxylic acids is 2. The smallest absolute Gasteiger partial charge is 0.255 e. The van der Waals surface area contributed by atoms with E-state index in [1.807, 2.05) is 6.92 Å². The average Bonchev–Trinajstić information content (AvgIpc) is 2.67. The third-order valence-corrected chi connectivity index (χ3v) is 5.18. The summed E-state index contributed by atoms with van der Waals surface area (Å²) in [6.45, 7) is 6.64. The molecule has 0 bridgehead atoms. The lowest BCUT2D eigenvalue weighted by atomic mass is 9.94. The van der Waals surface area contributed by atoms with Crippen LogP contribution < -0.4 is 16.4 Å². The molecule has 0 aromatic carbocycles. The minimum atomic E-state index is -0.472. The van der Waals surface area contributed by atoms with E-state index in [2.05, 4.69) is 32.5 Å². The summed E-state index contributed by atoms with van der Waals surface area (Å²) in [5.41, 5.74) is 6.79. The fourth-order valence-corrected chi connectivity index (χ4v) is 3.41. The van der Waals surface area contributed by atoms with Crippen molar-refractivity contribution in [2.24, 2.45) is 0 Å². The number of nitrogens with one attached hydrogen (secondary N) is 2. The van der Waals surface area contributed by atoms with Gasteiger partial charge in [0.2, 0.25) is 11.9 Å². The van der Waals surface area contributed by atoms with Gasteiger partial charge in [0.1, 0.15) is 5.52 Å². The van der Waals surface area contributed by atoms with Crippen LogP contribution in [-0.2, 0) is 4.79 Å². The number of nitrogens with zero attached hydrogens (tertiary/aromatic N) is 4. The van der Waals surface area contributed by atoms with Crippen molar-refractivity contribution >= 4 is 34.6 Å². The molecular formula is C20H29N7O3. The molecule has 162 valence electrons. The van der Waals surface area contributed by atoms with Crippen LogP contribution in [0.2, 0.25) is 0 Å². The number of aromatic nitrogens is 3.